The largest absolute Gasteiger partial charge is 0.393 e. The van der Waals surface area contributed by atoms with Gasteiger partial charge in [-0.25, -0.2) is 0 Å². The predicted octanol–water partition coefficient (Wildman–Crippen LogP) is 5.72. The number of aliphatic hydroxyl groups excluding tert-OH is 2. The molecule has 182 valence electrons. The monoisotopic (exact) mass is 444 g/mol. The van der Waals surface area contributed by atoms with Crippen molar-refractivity contribution in [1.29, 1.82) is 0 Å². The first-order valence-electron chi connectivity index (χ1n) is 13.8. The van der Waals surface area contributed by atoms with Gasteiger partial charge in [0.25, 0.3) is 0 Å². The van der Waals surface area contributed by atoms with E-state index in [1.807, 2.05) is 0 Å². The molecule has 0 aromatic carbocycles. The van der Waals surface area contributed by atoms with Crippen LogP contribution in [0.2, 0.25) is 0 Å². The summed E-state index contributed by atoms with van der Waals surface area (Å²) < 4.78 is 0. The third-order valence-corrected chi connectivity index (χ3v) is 12.0. The fraction of sp³-hybridized carbons (Fsp3) is 0.931. The van der Waals surface area contributed by atoms with Gasteiger partial charge in [-0.2, -0.15) is 0 Å². The topological polar surface area (TPSA) is 60.7 Å². The molecule has 5 aliphatic rings. The Morgan fingerprint density at radius 2 is 1.66 bits per heavy atom. The van der Waals surface area contributed by atoms with E-state index in [0.717, 1.165) is 48.9 Å². The molecule has 3 nitrogen and oxygen atoms in total. The Kier molecular flexibility index (Phi) is 5.71. The minimum Gasteiger partial charge on any atom is -0.393 e. The van der Waals surface area contributed by atoms with Crippen molar-refractivity contribution in [2.45, 2.75) is 117 Å². The fourth-order valence-corrected chi connectivity index (χ4v) is 9.61. The predicted molar refractivity (Wildman–Crippen MR) is 129 cm³/mol. The molecule has 0 unspecified atom stereocenters. The number of fused-ring (bicyclic) bond motifs is 5. The Morgan fingerprint density at radius 3 is 2.34 bits per heavy atom. The molecule has 12 atom stereocenters. The lowest BCUT2D eigenvalue weighted by molar-refractivity contribution is -0.210. The van der Waals surface area contributed by atoms with E-state index in [0.29, 0.717) is 23.7 Å². The molecule has 0 heterocycles. The van der Waals surface area contributed by atoms with Crippen LogP contribution in [0.1, 0.15) is 98.8 Å². The molecule has 4 fully saturated rings. The Labute approximate surface area is 196 Å². The van der Waals surface area contributed by atoms with Crippen LogP contribution in [0.25, 0.3) is 0 Å². The van der Waals surface area contributed by atoms with E-state index in [4.69, 9.17) is 0 Å². The van der Waals surface area contributed by atoms with Gasteiger partial charge in [-0.15, -0.1) is 0 Å². The molecule has 4 saturated carbocycles. The third-order valence-electron chi connectivity index (χ3n) is 12.0. The first kappa shape index (κ1) is 23.4. The fourth-order valence-electron chi connectivity index (χ4n) is 9.61. The van der Waals surface area contributed by atoms with Gasteiger partial charge in [0.15, 0.2) is 0 Å². The molecule has 0 radical (unpaired) electrons. The molecule has 0 amide bonds. The maximum atomic E-state index is 11.6. The van der Waals surface area contributed by atoms with Crippen LogP contribution in [0.15, 0.2) is 11.6 Å². The first-order chi connectivity index (χ1) is 15.0. The zero-order chi connectivity index (χ0) is 23.1. The second-order valence-corrected chi connectivity index (χ2v) is 13.6. The average molecular weight is 445 g/mol. The lowest BCUT2D eigenvalue weighted by Gasteiger charge is -2.62. The minimum absolute atomic E-state index is 0.310. The highest BCUT2D eigenvalue weighted by Gasteiger charge is 2.64. The van der Waals surface area contributed by atoms with E-state index < -0.39 is 17.8 Å². The maximum Gasteiger partial charge on any atom is 0.102 e. The van der Waals surface area contributed by atoms with Gasteiger partial charge in [0.05, 0.1) is 6.10 Å². The molecule has 0 bridgehead atoms. The van der Waals surface area contributed by atoms with E-state index in [-0.39, 0.29) is 5.41 Å². The molecule has 5 aliphatic carbocycles. The van der Waals surface area contributed by atoms with Crippen LogP contribution in [0.4, 0.5) is 0 Å². The molecule has 32 heavy (non-hydrogen) atoms. The number of hydrogen-bond donors (Lipinski definition) is 3. The summed E-state index contributed by atoms with van der Waals surface area (Å²) in [5.74, 6) is 5.26. The van der Waals surface area contributed by atoms with Gasteiger partial charge in [-0.3, -0.25) is 0 Å². The summed E-state index contributed by atoms with van der Waals surface area (Å²) in [6.07, 6.45) is 11.7. The Balaban J connectivity index is 1.35. The van der Waals surface area contributed by atoms with Crippen LogP contribution in [0.3, 0.4) is 0 Å². The molecule has 0 spiro atoms. The molecule has 0 aromatic rings. The van der Waals surface area contributed by atoms with Crippen molar-refractivity contribution in [3.63, 3.8) is 0 Å². The van der Waals surface area contributed by atoms with E-state index >= 15 is 0 Å². The van der Waals surface area contributed by atoms with E-state index in [1.165, 1.54) is 44.1 Å². The summed E-state index contributed by atoms with van der Waals surface area (Å²) in [5.41, 5.74) is 0.285. The summed E-state index contributed by atoms with van der Waals surface area (Å²) >= 11 is 0. The highest BCUT2D eigenvalue weighted by Crippen LogP contribution is 2.67. The molecular weight excluding hydrogens is 396 g/mol. The SMILES string of the molecule is C[C@H](CC[C@@H](C)[C@@H]1CC[C@@H]2C3=C[C@@H](O)[C@@]4(O)C[C@@H](O)CC[C@]4(C)[C@H]3CC[C@@]21C)[C@@H]1C[C@H]1C. The van der Waals surface area contributed by atoms with Gasteiger partial charge in [0, 0.05) is 11.8 Å². The quantitative estimate of drug-likeness (QED) is 0.475. The Morgan fingerprint density at radius 1 is 0.969 bits per heavy atom. The van der Waals surface area contributed by atoms with Crippen LogP contribution < -0.4 is 0 Å². The molecule has 0 aromatic heterocycles. The van der Waals surface area contributed by atoms with Crippen molar-refractivity contribution in [1.82, 2.24) is 0 Å². The van der Waals surface area contributed by atoms with Gasteiger partial charge >= 0.3 is 0 Å². The van der Waals surface area contributed by atoms with Gasteiger partial charge < -0.3 is 15.3 Å². The van der Waals surface area contributed by atoms with E-state index in [1.54, 1.807) is 0 Å². The van der Waals surface area contributed by atoms with Crippen LogP contribution in [-0.2, 0) is 0 Å². The van der Waals surface area contributed by atoms with Gasteiger partial charge in [-0.1, -0.05) is 59.1 Å². The van der Waals surface area contributed by atoms with Crippen LogP contribution in [0.5, 0.6) is 0 Å². The zero-order valence-corrected chi connectivity index (χ0v) is 21.2. The van der Waals surface area contributed by atoms with Crippen molar-refractivity contribution >= 4 is 0 Å². The first-order valence-corrected chi connectivity index (χ1v) is 13.8. The number of allylic oxidation sites excluding steroid dienone is 1. The summed E-state index contributed by atoms with van der Waals surface area (Å²) in [4.78, 5) is 0. The lowest BCUT2D eigenvalue weighted by atomic mass is 9.45. The Bertz CT molecular complexity index is 762. The van der Waals surface area contributed by atoms with Gasteiger partial charge in [-0.05, 0) is 91.8 Å². The zero-order valence-electron chi connectivity index (χ0n) is 21.2. The van der Waals surface area contributed by atoms with Crippen LogP contribution in [-0.4, -0.2) is 33.1 Å². The number of hydrogen-bond acceptors (Lipinski definition) is 3. The molecule has 3 heteroatoms. The van der Waals surface area contributed by atoms with Crippen molar-refractivity contribution < 1.29 is 15.3 Å². The standard InChI is InChI=1S/C29H48O3/c1-17(21-14-19(21)3)6-7-18(2)23-8-9-24-22-15-26(31)29(32)16-20(30)10-13-28(29,5)25(22)11-12-27(23,24)4/h15,17-21,23-26,30-32H,6-14,16H2,1-5H3/t17-,18-,19-,20+,21+,23+,24-,25+,26-,27-,28-,29+/m1/s1. The molecular formula is C29H48O3. The Hall–Kier alpha value is -0.380. The molecule has 0 aliphatic heterocycles. The van der Waals surface area contributed by atoms with Crippen molar-refractivity contribution in [3.8, 4) is 0 Å². The van der Waals surface area contributed by atoms with Crippen molar-refractivity contribution in [3.05, 3.63) is 11.6 Å². The summed E-state index contributed by atoms with van der Waals surface area (Å²) in [6, 6.07) is 0. The second-order valence-electron chi connectivity index (χ2n) is 13.6. The summed E-state index contributed by atoms with van der Waals surface area (Å²) in [7, 11) is 0. The lowest BCUT2D eigenvalue weighted by Crippen LogP contribution is -2.65. The van der Waals surface area contributed by atoms with Crippen molar-refractivity contribution in [2.75, 3.05) is 0 Å². The normalized spacial score (nSPS) is 54.1. The van der Waals surface area contributed by atoms with Gasteiger partial charge in [0.1, 0.15) is 11.7 Å². The van der Waals surface area contributed by atoms with Crippen LogP contribution in [0, 0.1) is 52.3 Å². The summed E-state index contributed by atoms with van der Waals surface area (Å²) in [5, 5.41) is 33.0. The molecule has 0 saturated heterocycles. The van der Waals surface area contributed by atoms with Crippen LogP contribution >= 0.6 is 0 Å². The van der Waals surface area contributed by atoms with Gasteiger partial charge in [0.2, 0.25) is 0 Å². The average Bonchev–Trinajstić information content (AvgIpc) is 3.36. The van der Waals surface area contributed by atoms with Crippen molar-refractivity contribution in [2.24, 2.45) is 52.3 Å². The number of rotatable bonds is 5. The molecule has 5 rings (SSSR count). The second kappa shape index (κ2) is 7.82. The van der Waals surface area contributed by atoms with E-state index in [9.17, 15) is 15.3 Å². The summed E-state index contributed by atoms with van der Waals surface area (Å²) in [6.45, 7) is 12.2. The molecule has 3 N–H and O–H groups in total. The maximum absolute atomic E-state index is 11.6. The number of aliphatic hydroxyl groups is 3. The highest BCUT2D eigenvalue weighted by atomic mass is 16.3. The minimum atomic E-state index is -1.19. The van der Waals surface area contributed by atoms with E-state index in [2.05, 4.69) is 40.7 Å². The third kappa shape index (κ3) is 3.31. The highest BCUT2D eigenvalue weighted by molar-refractivity contribution is 5.33. The smallest absolute Gasteiger partial charge is 0.102 e.